The predicted octanol–water partition coefficient (Wildman–Crippen LogP) is 1.69. The summed E-state index contributed by atoms with van der Waals surface area (Å²) in [5, 5.41) is 3.92. The Bertz CT molecular complexity index is 707. The van der Waals surface area contributed by atoms with E-state index in [0.29, 0.717) is 28.8 Å². The normalized spacial score (nSPS) is 17.5. The summed E-state index contributed by atoms with van der Waals surface area (Å²) in [6.45, 7) is 8.66. The third-order valence-electron chi connectivity index (χ3n) is 4.38. The number of nitrogens with one attached hydrogen (secondary N) is 2. The predicted molar refractivity (Wildman–Crippen MR) is 91.9 cm³/mol. The largest absolute Gasteiger partial charge is 0.379 e. The maximum Gasteiger partial charge on any atom is 0.260 e. The molecule has 0 bridgehead atoms. The average Bonchev–Trinajstić information content (AvgIpc) is 2.56. The second-order valence-corrected chi connectivity index (χ2v) is 6.27. The van der Waals surface area contributed by atoms with Gasteiger partial charge in [0.1, 0.15) is 0 Å². The van der Waals surface area contributed by atoms with Gasteiger partial charge in [0.05, 0.1) is 24.1 Å². The lowest BCUT2D eigenvalue weighted by Crippen LogP contribution is -2.49. The second-order valence-electron chi connectivity index (χ2n) is 6.27. The summed E-state index contributed by atoms with van der Waals surface area (Å²) < 4.78 is 5.43. The molecule has 1 aliphatic heterocycles. The van der Waals surface area contributed by atoms with Gasteiger partial charge in [-0.15, -0.1) is 0 Å². The molecule has 23 heavy (non-hydrogen) atoms. The van der Waals surface area contributed by atoms with Crippen molar-refractivity contribution in [1.29, 1.82) is 0 Å². The molecule has 6 nitrogen and oxygen atoms in total. The zero-order chi connectivity index (χ0) is 16.2. The van der Waals surface area contributed by atoms with Crippen molar-refractivity contribution in [1.82, 2.24) is 14.9 Å². The maximum absolute atomic E-state index is 12.1. The highest BCUT2D eigenvalue weighted by molar-refractivity contribution is 5.78. The number of fused-ring (bicyclic) bond motifs is 1. The fourth-order valence-electron chi connectivity index (χ4n) is 3.07. The fourth-order valence-corrected chi connectivity index (χ4v) is 3.07. The van der Waals surface area contributed by atoms with E-state index in [-0.39, 0.29) is 5.56 Å². The molecule has 0 radical (unpaired) electrons. The van der Waals surface area contributed by atoms with Gasteiger partial charge >= 0.3 is 0 Å². The zero-order valence-electron chi connectivity index (χ0n) is 13.7. The van der Waals surface area contributed by atoms with E-state index in [1.807, 2.05) is 18.2 Å². The number of H-pyrrole nitrogens is 1. The van der Waals surface area contributed by atoms with E-state index in [1.165, 1.54) is 0 Å². The van der Waals surface area contributed by atoms with Gasteiger partial charge in [-0.05, 0) is 18.1 Å². The first-order chi connectivity index (χ1) is 11.1. The first-order valence-electron chi connectivity index (χ1n) is 8.20. The average molecular weight is 316 g/mol. The molecule has 124 valence electrons. The Morgan fingerprint density at radius 1 is 1.30 bits per heavy atom. The first kappa shape index (κ1) is 16.0. The zero-order valence-corrected chi connectivity index (χ0v) is 13.7. The van der Waals surface area contributed by atoms with E-state index in [2.05, 4.69) is 34.0 Å². The number of nitrogens with zero attached hydrogens (tertiary/aromatic N) is 2. The van der Waals surface area contributed by atoms with Gasteiger partial charge in [-0.1, -0.05) is 26.0 Å². The third kappa shape index (κ3) is 3.71. The molecule has 2 heterocycles. The van der Waals surface area contributed by atoms with Crippen LogP contribution in [0.15, 0.2) is 29.1 Å². The number of benzene rings is 1. The summed E-state index contributed by atoms with van der Waals surface area (Å²) in [6.07, 6.45) is 0. The van der Waals surface area contributed by atoms with Gasteiger partial charge in [-0.25, -0.2) is 4.98 Å². The van der Waals surface area contributed by atoms with E-state index in [0.717, 1.165) is 32.8 Å². The molecule has 0 saturated carbocycles. The summed E-state index contributed by atoms with van der Waals surface area (Å²) >= 11 is 0. The second kappa shape index (κ2) is 7.10. The molecule has 0 unspecified atom stereocenters. The van der Waals surface area contributed by atoms with Crippen LogP contribution in [0, 0.1) is 5.92 Å². The van der Waals surface area contributed by atoms with E-state index in [4.69, 9.17) is 4.74 Å². The van der Waals surface area contributed by atoms with Crippen molar-refractivity contribution in [2.75, 3.05) is 38.2 Å². The van der Waals surface area contributed by atoms with Crippen LogP contribution in [0.2, 0.25) is 0 Å². The van der Waals surface area contributed by atoms with E-state index < -0.39 is 0 Å². The molecular formula is C17H24N4O2. The van der Waals surface area contributed by atoms with Gasteiger partial charge in [0.15, 0.2) is 0 Å². The Hall–Kier alpha value is -1.92. The van der Waals surface area contributed by atoms with Gasteiger partial charge < -0.3 is 10.1 Å². The summed E-state index contributed by atoms with van der Waals surface area (Å²) in [5.41, 5.74) is 0.608. The van der Waals surface area contributed by atoms with Crippen LogP contribution >= 0.6 is 0 Å². The minimum absolute atomic E-state index is 0.106. The van der Waals surface area contributed by atoms with Crippen LogP contribution in [0.1, 0.15) is 13.8 Å². The third-order valence-corrected chi connectivity index (χ3v) is 4.38. The number of ether oxygens (including phenoxy) is 1. The molecular weight excluding hydrogens is 292 g/mol. The highest BCUT2D eigenvalue weighted by atomic mass is 16.5. The van der Waals surface area contributed by atoms with Crippen molar-refractivity contribution < 1.29 is 4.74 Å². The lowest BCUT2D eigenvalue weighted by Gasteiger charge is -2.36. The van der Waals surface area contributed by atoms with Gasteiger partial charge in [0.2, 0.25) is 5.95 Å². The molecule has 6 heteroatoms. The van der Waals surface area contributed by atoms with Crippen molar-refractivity contribution in [2.24, 2.45) is 5.92 Å². The molecule has 1 aromatic heterocycles. The Morgan fingerprint density at radius 2 is 2.04 bits per heavy atom. The Balaban J connectivity index is 1.74. The topological polar surface area (TPSA) is 70.2 Å². The molecule has 1 atom stereocenters. The SMILES string of the molecule is CC(C)[C@H](CNc1nc2ccccc2c(=O)[nH]1)N1CCOCC1. The summed E-state index contributed by atoms with van der Waals surface area (Å²) in [6, 6.07) is 7.77. The molecule has 1 fully saturated rings. The molecule has 1 aromatic carbocycles. The molecule has 0 spiro atoms. The van der Waals surface area contributed by atoms with Crippen LogP contribution in [0.4, 0.5) is 5.95 Å². The first-order valence-corrected chi connectivity index (χ1v) is 8.20. The van der Waals surface area contributed by atoms with Gasteiger partial charge in [0.25, 0.3) is 5.56 Å². The van der Waals surface area contributed by atoms with Crippen LogP contribution < -0.4 is 10.9 Å². The van der Waals surface area contributed by atoms with Gasteiger partial charge in [-0.2, -0.15) is 0 Å². The lowest BCUT2D eigenvalue weighted by atomic mass is 10.0. The lowest BCUT2D eigenvalue weighted by molar-refractivity contribution is 0.00951. The highest BCUT2D eigenvalue weighted by Crippen LogP contribution is 2.14. The van der Waals surface area contributed by atoms with Crippen molar-refractivity contribution in [3.05, 3.63) is 34.6 Å². The van der Waals surface area contributed by atoms with Gasteiger partial charge in [0, 0.05) is 25.7 Å². The van der Waals surface area contributed by atoms with Crippen molar-refractivity contribution in [2.45, 2.75) is 19.9 Å². The van der Waals surface area contributed by atoms with E-state index in [1.54, 1.807) is 6.07 Å². The Labute approximate surface area is 135 Å². The number of anilines is 1. The standard InChI is InChI=1S/C17H24N4O2/c1-12(2)15(21-7-9-23-10-8-21)11-18-17-19-14-6-4-3-5-13(14)16(22)20-17/h3-6,12,15H,7-11H2,1-2H3,(H2,18,19,20,22)/t15-/m0/s1. The molecule has 3 rings (SSSR count). The van der Waals surface area contributed by atoms with Crippen molar-refractivity contribution in [3.8, 4) is 0 Å². The highest BCUT2D eigenvalue weighted by Gasteiger charge is 2.23. The van der Waals surface area contributed by atoms with Crippen LogP contribution in [0.3, 0.4) is 0 Å². The molecule has 1 aliphatic rings. The van der Waals surface area contributed by atoms with Crippen LogP contribution in [-0.2, 0) is 4.74 Å². The number of rotatable bonds is 5. The Morgan fingerprint density at radius 3 is 2.78 bits per heavy atom. The molecule has 2 aromatic rings. The number of aromatic amines is 1. The van der Waals surface area contributed by atoms with Gasteiger partial charge in [-0.3, -0.25) is 14.7 Å². The van der Waals surface area contributed by atoms with E-state index in [9.17, 15) is 4.79 Å². The quantitative estimate of drug-likeness (QED) is 0.878. The number of morpholine rings is 1. The molecule has 0 amide bonds. The summed E-state index contributed by atoms with van der Waals surface area (Å²) in [4.78, 5) is 21.9. The fraction of sp³-hybridized carbons (Fsp3) is 0.529. The van der Waals surface area contributed by atoms with Crippen molar-refractivity contribution in [3.63, 3.8) is 0 Å². The maximum atomic E-state index is 12.1. The molecule has 1 saturated heterocycles. The van der Waals surface area contributed by atoms with Crippen LogP contribution in [-0.4, -0.2) is 53.8 Å². The number of hydrogen-bond donors (Lipinski definition) is 2. The number of aromatic nitrogens is 2. The number of para-hydroxylation sites is 1. The van der Waals surface area contributed by atoms with E-state index >= 15 is 0 Å². The minimum atomic E-state index is -0.106. The smallest absolute Gasteiger partial charge is 0.260 e. The molecule has 2 N–H and O–H groups in total. The van der Waals surface area contributed by atoms with Crippen LogP contribution in [0.25, 0.3) is 10.9 Å². The Kier molecular flexibility index (Phi) is 4.93. The minimum Gasteiger partial charge on any atom is -0.379 e. The monoisotopic (exact) mass is 316 g/mol. The van der Waals surface area contributed by atoms with Crippen LogP contribution in [0.5, 0.6) is 0 Å². The number of hydrogen-bond acceptors (Lipinski definition) is 5. The molecule has 0 aliphatic carbocycles. The summed E-state index contributed by atoms with van der Waals surface area (Å²) in [5.74, 6) is 1.04. The summed E-state index contributed by atoms with van der Waals surface area (Å²) in [7, 11) is 0. The van der Waals surface area contributed by atoms with Crippen molar-refractivity contribution >= 4 is 16.9 Å².